The predicted molar refractivity (Wildman–Crippen MR) is 78.6 cm³/mol. The fourth-order valence-electron chi connectivity index (χ4n) is 7.76. The van der Waals surface area contributed by atoms with Crippen LogP contribution < -0.4 is 0 Å². The monoisotopic (exact) mass is 258 g/mol. The van der Waals surface area contributed by atoms with Gasteiger partial charge in [-0.1, -0.05) is 6.92 Å². The SMILES string of the molecule is CC1CC(C2CC3C4CCC(C4)C3C2)C2CCC1C2. The topological polar surface area (TPSA) is 0 Å². The Morgan fingerprint density at radius 1 is 0.474 bits per heavy atom. The lowest BCUT2D eigenvalue weighted by Crippen LogP contribution is -2.29. The minimum atomic E-state index is 1.06. The van der Waals surface area contributed by atoms with Crippen molar-refractivity contribution in [1.29, 1.82) is 0 Å². The number of rotatable bonds is 1. The Morgan fingerprint density at radius 2 is 1.00 bits per heavy atom. The Kier molecular flexibility index (Phi) is 2.46. The summed E-state index contributed by atoms with van der Waals surface area (Å²) in [5.74, 6) is 10.4. The molecule has 0 nitrogen and oxygen atoms in total. The summed E-state index contributed by atoms with van der Waals surface area (Å²) in [6, 6.07) is 0. The highest BCUT2D eigenvalue weighted by atomic mass is 14.6. The van der Waals surface area contributed by atoms with E-state index in [4.69, 9.17) is 0 Å². The molecule has 0 amide bonds. The zero-order valence-electron chi connectivity index (χ0n) is 12.6. The summed E-state index contributed by atoms with van der Waals surface area (Å²) in [5, 5.41) is 0. The average molecular weight is 258 g/mol. The van der Waals surface area contributed by atoms with Crippen molar-refractivity contribution in [2.45, 2.75) is 64.7 Å². The van der Waals surface area contributed by atoms with E-state index >= 15 is 0 Å². The number of hydrogen-bond acceptors (Lipinski definition) is 0. The Bertz CT molecular complexity index is 354. The van der Waals surface area contributed by atoms with Crippen LogP contribution in [-0.4, -0.2) is 0 Å². The summed E-state index contributed by atoms with van der Waals surface area (Å²) in [5.41, 5.74) is 0. The van der Waals surface area contributed by atoms with E-state index < -0.39 is 0 Å². The van der Waals surface area contributed by atoms with Gasteiger partial charge >= 0.3 is 0 Å². The molecule has 0 aromatic rings. The number of fused-ring (bicyclic) bond motifs is 7. The summed E-state index contributed by atoms with van der Waals surface area (Å²) in [7, 11) is 0. The lowest BCUT2D eigenvalue weighted by Gasteiger charge is -2.37. The fourth-order valence-corrected chi connectivity index (χ4v) is 7.76. The maximum Gasteiger partial charge on any atom is -0.0352 e. The third kappa shape index (κ3) is 1.58. The first-order valence-electron chi connectivity index (χ1n) is 9.29. The van der Waals surface area contributed by atoms with Gasteiger partial charge in [0.25, 0.3) is 0 Å². The van der Waals surface area contributed by atoms with Crippen LogP contribution in [0.2, 0.25) is 0 Å². The maximum atomic E-state index is 2.57. The third-order valence-corrected chi connectivity index (χ3v) is 8.60. The Labute approximate surface area is 118 Å². The van der Waals surface area contributed by atoms with Crippen molar-refractivity contribution >= 4 is 0 Å². The van der Waals surface area contributed by atoms with E-state index in [2.05, 4.69) is 6.92 Å². The second-order valence-corrected chi connectivity index (χ2v) is 9.10. The molecule has 5 saturated carbocycles. The van der Waals surface area contributed by atoms with Crippen LogP contribution in [0.3, 0.4) is 0 Å². The molecule has 0 spiro atoms. The summed E-state index contributed by atoms with van der Waals surface area (Å²) < 4.78 is 0. The van der Waals surface area contributed by atoms with Crippen molar-refractivity contribution in [2.75, 3.05) is 0 Å². The Morgan fingerprint density at radius 3 is 1.68 bits per heavy atom. The molecule has 0 saturated heterocycles. The van der Waals surface area contributed by atoms with Crippen molar-refractivity contribution in [2.24, 2.45) is 53.3 Å². The second kappa shape index (κ2) is 4.01. The molecular formula is C19H30. The molecule has 0 aromatic carbocycles. The molecule has 5 aliphatic rings. The average Bonchev–Trinajstić information content (AvgIpc) is 3.15. The molecule has 106 valence electrons. The summed E-state index contributed by atoms with van der Waals surface area (Å²) in [6.45, 7) is 2.57. The van der Waals surface area contributed by atoms with Crippen LogP contribution in [-0.2, 0) is 0 Å². The van der Waals surface area contributed by atoms with Crippen molar-refractivity contribution in [3.05, 3.63) is 0 Å². The van der Waals surface area contributed by atoms with E-state index in [1.165, 1.54) is 23.7 Å². The van der Waals surface area contributed by atoms with Crippen molar-refractivity contribution in [3.8, 4) is 0 Å². The maximum absolute atomic E-state index is 2.57. The highest BCUT2D eigenvalue weighted by Crippen LogP contribution is 2.63. The predicted octanol–water partition coefficient (Wildman–Crippen LogP) is 5.13. The molecule has 0 N–H and O–H groups in total. The van der Waals surface area contributed by atoms with Gasteiger partial charge in [0.15, 0.2) is 0 Å². The minimum Gasteiger partial charge on any atom is -0.0622 e. The second-order valence-electron chi connectivity index (χ2n) is 9.10. The zero-order valence-corrected chi connectivity index (χ0v) is 12.6. The van der Waals surface area contributed by atoms with Crippen LogP contribution in [0.15, 0.2) is 0 Å². The van der Waals surface area contributed by atoms with Gasteiger partial charge < -0.3 is 0 Å². The molecule has 0 heteroatoms. The molecule has 5 aliphatic carbocycles. The van der Waals surface area contributed by atoms with Gasteiger partial charge in [-0.15, -0.1) is 0 Å². The first-order valence-corrected chi connectivity index (χ1v) is 9.29. The zero-order chi connectivity index (χ0) is 12.6. The molecule has 8 atom stereocenters. The normalized spacial score (nSPS) is 62.7. The van der Waals surface area contributed by atoms with Crippen molar-refractivity contribution < 1.29 is 0 Å². The first kappa shape index (κ1) is 11.6. The van der Waals surface area contributed by atoms with Crippen molar-refractivity contribution in [3.63, 3.8) is 0 Å². The third-order valence-electron chi connectivity index (χ3n) is 8.60. The van der Waals surface area contributed by atoms with Crippen LogP contribution in [0.4, 0.5) is 0 Å². The van der Waals surface area contributed by atoms with Crippen LogP contribution in [0.25, 0.3) is 0 Å². The van der Waals surface area contributed by atoms with Gasteiger partial charge in [0.2, 0.25) is 0 Å². The highest BCUT2D eigenvalue weighted by molar-refractivity contribution is 5.04. The van der Waals surface area contributed by atoms with Crippen LogP contribution >= 0.6 is 0 Å². The summed E-state index contributed by atoms with van der Waals surface area (Å²) in [6.07, 6.45) is 14.5. The fraction of sp³-hybridized carbons (Fsp3) is 1.00. The van der Waals surface area contributed by atoms with Gasteiger partial charge in [0.05, 0.1) is 0 Å². The van der Waals surface area contributed by atoms with Crippen LogP contribution in [0, 0.1) is 53.3 Å². The van der Waals surface area contributed by atoms with Gasteiger partial charge in [-0.2, -0.15) is 0 Å². The largest absolute Gasteiger partial charge is 0.0622 e. The lowest BCUT2D eigenvalue weighted by molar-refractivity contribution is 0.122. The molecular weight excluding hydrogens is 228 g/mol. The van der Waals surface area contributed by atoms with Gasteiger partial charge in [-0.3, -0.25) is 0 Å². The quantitative estimate of drug-likeness (QED) is 0.611. The van der Waals surface area contributed by atoms with Crippen molar-refractivity contribution in [1.82, 2.24) is 0 Å². The molecule has 5 rings (SSSR count). The van der Waals surface area contributed by atoms with Crippen LogP contribution in [0.1, 0.15) is 64.7 Å². The lowest BCUT2D eigenvalue weighted by atomic mass is 9.68. The molecule has 8 unspecified atom stereocenters. The highest BCUT2D eigenvalue weighted by Gasteiger charge is 2.54. The molecule has 19 heavy (non-hydrogen) atoms. The number of hydrogen-bond donors (Lipinski definition) is 0. The molecule has 5 fully saturated rings. The Balaban J connectivity index is 1.35. The minimum absolute atomic E-state index is 1.06. The standard InChI is InChI=1S/C19H30/c1-11-6-17(13-3-2-12(11)7-13)16-9-18-14-4-5-15(8-14)19(18)10-16/h11-19H,2-10H2,1H3. The summed E-state index contributed by atoms with van der Waals surface area (Å²) in [4.78, 5) is 0. The smallest absolute Gasteiger partial charge is 0.0352 e. The van der Waals surface area contributed by atoms with E-state index in [9.17, 15) is 0 Å². The van der Waals surface area contributed by atoms with Gasteiger partial charge in [-0.05, 0) is 111 Å². The molecule has 0 aromatic heterocycles. The first-order chi connectivity index (χ1) is 9.29. The summed E-state index contributed by atoms with van der Waals surface area (Å²) >= 11 is 0. The molecule has 0 aliphatic heterocycles. The van der Waals surface area contributed by atoms with E-state index in [0.29, 0.717) is 0 Å². The molecule has 0 radical (unpaired) electrons. The van der Waals surface area contributed by atoms with E-state index in [0.717, 1.165) is 29.6 Å². The molecule has 4 bridgehead atoms. The van der Waals surface area contributed by atoms with E-state index in [1.807, 2.05) is 0 Å². The molecule has 0 heterocycles. The van der Waals surface area contributed by atoms with Gasteiger partial charge in [0.1, 0.15) is 0 Å². The van der Waals surface area contributed by atoms with E-state index in [1.54, 1.807) is 57.8 Å². The Hall–Kier alpha value is 0. The van der Waals surface area contributed by atoms with Gasteiger partial charge in [-0.25, -0.2) is 0 Å². The van der Waals surface area contributed by atoms with Gasteiger partial charge in [0, 0.05) is 0 Å². The van der Waals surface area contributed by atoms with Crippen LogP contribution in [0.5, 0.6) is 0 Å². The van der Waals surface area contributed by atoms with E-state index in [-0.39, 0.29) is 0 Å².